The molecule has 2 unspecified atom stereocenters. The topological polar surface area (TPSA) is 208 Å². The van der Waals surface area contributed by atoms with Crippen molar-refractivity contribution in [3.05, 3.63) is 36.0 Å². The van der Waals surface area contributed by atoms with Gasteiger partial charge in [-0.25, -0.2) is 4.57 Å². The molecule has 0 spiro atoms. The summed E-state index contributed by atoms with van der Waals surface area (Å²) in [6, 6.07) is 5.53. The summed E-state index contributed by atoms with van der Waals surface area (Å²) in [5.74, 6) is -1.95. The molecule has 1 aromatic heterocycles. The summed E-state index contributed by atoms with van der Waals surface area (Å²) in [7, 11) is -4.73. The molecule has 1 heterocycles. The van der Waals surface area contributed by atoms with Crippen LogP contribution in [0.5, 0.6) is 0 Å². The van der Waals surface area contributed by atoms with E-state index in [0.717, 1.165) is 55.0 Å². The average Bonchev–Trinajstić information content (AvgIpc) is 3.68. The predicted octanol–water partition coefficient (Wildman–Crippen LogP) is 9.47. The lowest BCUT2D eigenvalue weighted by Gasteiger charge is -2.24. The van der Waals surface area contributed by atoms with Gasteiger partial charge < -0.3 is 36.3 Å². The average molecular weight is 920 g/mol. The first-order valence-electron chi connectivity index (χ1n) is 24.9. The van der Waals surface area contributed by atoms with E-state index in [4.69, 9.17) is 9.05 Å². The number of aliphatic hydroxyl groups is 1. The summed E-state index contributed by atoms with van der Waals surface area (Å²) in [6.07, 6.45) is 26.3. The van der Waals surface area contributed by atoms with Crippen LogP contribution in [0.25, 0.3) is 10.9 Å². The maximum Gasteiger partial charge on any atom is 0.472 e. The fourth-order valence-electron chi connectivity index (χ4n) is 7.75. The van der Waals surface area contributed by atoms with Crippen molar-refractivity contribution in [3.63, 3.8) is 0 Å². The van der Waals surface area contributed by atoms with E-state index >= 15 is 0 Å². The molecule has 366 valence electrons. The van der Waals surface area contributed by atoms with E-state index in [0.29, 0.717) is 25.7 Å². The van der Waals surface area contributed by atoms with Gasteiger partial charge in [-0.15, -0.1) is 0 Å². The van der Waals surface area contributed by atoms with Gasteiger partial charge in [-0.2, -0.15) is 0 Å². The zero-order chi connectivity index (χ0) is 46.8. The number of hydrogen-bond acceptors (Lipinski definition) is 8. The molecule has 1 aromatic carbocycles. The minimum absolute atomic E-state index is 0.0819. The van der Waals surface area contributed by atoms with E-state index in [1.165, 1.54) is 83.5 Å². The minimum Gasteiger partial charge on any atom is -0.393 e. The van der Waals surface area contributed by atoms with Crippen LogP contribution in [0.1, 0.15) is 187 Å². The highest BCUT2D eigenvalue weighted by atomic mass is 31.2. The summed E-state index contributed by atoms with van der Waals surface area (Å²) in [5, 5.41) is 22.4. The number of fused-ring (bicyclic) bond motifs is 1. The van der Waals surface area contributed by atoms with Crippen molar-refractivity contribution in [2.75, 3.05) is 26.3 Å². The lowest BCUT2D eigenvalue weighted by molar-refractivity contribution is -0.130. The fraction of sp³-hybridized carbons (Fsp3) is 0.755. The number of benzene rings is 1. The largest absolute Gasteiger partial charge is 0.472 e. The van der Waals surface area contributed by atoms with Gasteiger partial charge in [-0.3, -0.25) is 28.2 Å². The third kappa shape index (κ3) is 26.0. The molecule has 0 radical (unpaired) electrons. The molecule has 15 heteroatoms. The Hall–Kier alpha value is -3.29. The summed E-state index contributed by atoms with van der Waals surface area (Å²) in [5.41, 5.74) is 1.72. The lowest BCUT2D eigenvalue weighted by Crippen LogP contribution is -2.51. The van der Waals surface area contributed by atoms with Crippen molar-refractivity contribution >= 4 is 42.4 Å². The van der Waals surface area contributed by atoms with Gasteiger partial charge in [0.15, 0.2) is 0 Å². The fourth-order valence-corrected chi connectivity index (χ4v) is 8.48. The molecule has 0 saturated heterocycles. The van der Waals surface area contributed by atoms with Gasteiger partial charge >= 0.3 is 7.82 Å². The number of unbranched alkanes of at least 4 members (excludes halogenated alkanes) is 18. The SMILES string of the molecule is CCCCCCCCCCCCCC(O)CCNC(=O)[C@H](COP(=O)(O)OCCNC(=O)[C@@H](NC(=O)Cc1c[nH]c2ccccc12)[C@@H](C)CC)NC(=O)CCCCCCCCCCC. The van der Waals surface area contributed by atoms with Gasteiger partial charge in [-0.1, -0.05) is 174 Å². The Morgan fingerprint density at radius 1 is 0.688 bits per heavy atom. The van der Waals surface area contributed by atoms with Crippen LogP contribution < -0.4 is 21.3 Å². The third-order valence-electron chi connectivity index (χ3n) is 12.0. The van der Waals surface area contributed by atoms with Crippen molar-refractivity contribution < 1.29 is 42.8 Å². The maximum absolute atomic E-state index is 13.3. The summed E-state index contributed by atoms with van der Waals surface area (Å²) in [6.45, 7) is 7.18. The number of nitrogens with one attached hydrogen (secondary N) is 5. The van der Waals surface area contributed by atoms with Gasteiger partial charge in [-0.05, 0) is 36.8 Å². The number of aromatic amines is 1. The molecule has 14 nitrogen and oxygen atoms in total. The monoisotopic (exact) mass is 920 g/mol. The number of rotatable bonds is 40. The zero-order valence-corrected chi connectivity index (χ0v) is 40.8. The molecule has 0 fully saturated rings. The van der Waals surface area contributed by atoms with Gasteiger partial charge in [0.05, 0.1) is 25.7 Å². The van der Waals surface area contributed by atoms with E-state index in [1.54, 1.807) is 6.20 Å². The molecule has 0 aliphatic rings. The predicted molar refractivity (Wildman–Crippen MR) is 257 cm³/mol. The summed E-state index contributed by atoms with van der Waals surface area (Å²) >= 11 is 0. The van der Waals surface area contributed by atoms with Gasteiger partial charge in [0, 0.05) is 36.6 Å². The Balaban J connectivity index is 1.83. The molecule has 0 aliphatic carbocycles. The van der Waals surface area contributed by atoms with Crippen LogP contribution in [0.4, 0.5) is 0 Å². The van der Waals surface area contributed by atoms with Crippen LogP contribution in [0.2, 0.25) is 0 Å². The number of para-hydroxylation sites is 1. The van der Waals surface area contributed by atoms with E-state index in [9.17, 15) is 33.7 Å². The number of carbonyl (C=O) groups excluding carboxylic acids is 4. The smallest absolute Gasteiger partial charge is 0.393 e. The van der Waals surface area contributed by atoms with E-state index in [-0.39, 0.29) is 43.7 Å². The van der Waals surface area contributed by atoms with Crippen LogP contribution in [-0.4, -0.2) is 83.1 Å². The van der Waals surface area contributed by atoms with Crippen molar-refractivity contribution in [2.45, 2.75) is 206 Å². The molecule has 2 aromatic rings. The number of aromatic nitrogens is 1. The number of aliphatic hydroxyl groups excluding tert-OH is 1. The molecule has 0 aliphatic heterocycles. The minimum atomic E-state index is -4.73. The van der Waals surface area contributed by atoms with Crippen molar-refractivity contribution in [1.29, 1.82) is 0 Å². The number of hydrogen-bond donors (Lipinski definition) is 7. The van der Waals surface area contributed by atoms with E-state index in [1.807, 2.05) is 38.1 Å². The molecule has 7 N–H and O–H groups in total. The lowest BCUT2D eigenvalue weighted by atomic mass is 9.98. The number of phosphoric acid groups is 1. The number of amides is 4. The Bertz CT molecular complexity index is 1620. The number of phosphoric ester groups is 1. The second kappa shape index (κ2) is 35.0. The number of H-pyrrole nitrogens is 1. The van der Waals surface area contributed by atoms with Crippen molar-refractivity contribution in [1.82, 2.24) is 26.3 Å². The van der Waals surface area contributed by atoms with Crippen molar-refractivity contribution in [3.8, 4) is 0 Å². The highest BCUT2D eigenvalue weighted by Gasteiger charge is 2.29. The van der Waals surface area contributed by atoms with Gasteiger partial charge in [0.25, 0.3) is 0 Å². The first-order chi connectivity index (χ1) is 30.9. The van der Waals surface area contributed by atoms with Crippen molar-refractivity contribution in [2.24, 2.45) is 5.92 Å². The summed E-state index contributed by atoms with van der Waals surface area (Å²) in [4.78, 5) is 66.1. The quantitative estimate of drug-likeness (QED) is 0.0251. The molecular formula is C49H86N5O9P. The molecular weight excluding hydrogens is 834 g/mol. The highest BCUT2D eigenvalue weighted by molar-refractivity contribution is 7.47. The molecule has 0 bridgehead atoms. The first kappa shape index (κ1) is 56.8. The van der Waals surface area contributed by atoms with Gasteiger partial charge in [0.1, 0.15) is 12.1 Å². The van der Waals surface area contributed by atoms with E-state index in [2.05, 4.69) is 40.1 Å². The Kier molecular flexibility index (Phi) is 31.1. The molecule has 4 amide bonds. The Labute approximate surface area is 384 Å². The van der Waals surface area contributed by atoms with Gasteiger partial charge in [0.2, 0.25) is 23.6 Å². The highest BCUT2D eigenvalue weighted by Crippen LogP contribution is 2.43. The molecule has 64 heavy (non-hydrogen) atoms. The number of carbonyl (C=O) groups is 4. The van der Waals surface area contributed by atoms with Crippen LogP contribution in [0, 0.1) is 5.92 Å². The Morgan fingerprint density at radius 2 is 1.25 bits per heavy atom. The maximum atomic E-state index is 13.3. The zero-order valence-electron chi connectivity index (χ0n) is 39.9. The standard InChI is InChI=1S/C49H86N5O9P/c1-5-8-10-12-14-16-17-19-20-22-24-28-41(55)32-33-50-48(58)44(53-45(56)31-25-23-21-18-15-13-11-9-6-2)38-63-64(60,61)62-35-34-51-49(59)47(39(4)7-3)54-46(57)36-40-37-52-43-30-27-26-29-42(40)43/h26-27,29-30,37,39,41,44,47,52,55H,5-25,28,31-36,38H2,1-4H3,(H,50,58)(H,51,59)(H,53,56)(H,54,57)(H,60,61)/t39-,41?,44-,47-/m0/s1. The normalized spacial score (nSPS) is 14.3. The van der Waals surface area contributed by atoms with E-state index < -0.39 is 51.0 Å². The second-order valence-electron chi connectivity index (χ2n) is 17.6. The van der Waals surface area contributed by atoms with Crippen LogP contribution in [-0.2, 0) is 39.2 Å². The summed E-state index contributed by atoms with van der Waals surface area (Å²) < 4.78 is 23.2. The molecule has 0 saturated carbocycles. The van der Waals surface area contributed by atoms with Crippen LogP contribution >= 0.6 is 7.82 Å². The molecule has 5 atom stereocenters. The van der Waals surface area contributed by atoms with Crippen LogP contribution in [0.3, 0.4) is 0 Å². The first-order valence-corrected chi connectivity index (χ1v) is 26.4. The molecule has 2 rings (SSSR count). The van der Waals surface area contributed by atoms with Crippen LogP contribution in [0.15, 0.2) is 30.5 Å². The Morgan fingerprint density at radius 3 is 1.86 bits per heavy atom. The second-order valence-corrected chi connectivity index (χ2v) is 19.1. The third-order valence-corrected chi connectivity index (χ3v) is 13.0.